The van der Waals surface area contributed by atoms with Gasteiger partial charge in [-0.3, -0.25) is 13.9 Å². The number of ether oxygens (including phenoxy) is 1. The highest BCUT2D eigenvalue weighted by molar-refractivity contribution is 7.92. The van der Waals surface area contributed by atoms with Crippen molar-refractivity contribution in [1.82, 2.24) is 10.2 Å². The second-order valence-corrected chi connectivity index (χ2v) is 9.70. The number of benzene rings is 2. The van der Waals surface area contributed by atoms with E-state index in [1.165, 1.54) is 12.0 Å². The van der Waals surface area contributed by atoms with E-state index in [9.17, 15) is 18.0 Å². The number of hydrogen-bond donors (Lipinski definition) is 1. The van der Waals surface area contributed by atoms with Crippen LogP contribution in [0.4, 0.5) is 5.69 Å². The Kier molecular flexibility index (Phi) is 9.72. The molecule has 2 rings (SSSR count). The molecule has 0 aromatic heterocycles. The largest absolute Gasteiger partial charge is 0.497 e. The van der Waals surface area contributed by atoms with E-state index in [1.54, 1.807) is 31.2 Å². The average Bonchev–Trinajstić information content (AvgIpc) is 2.80. The van der Waals surface area contributed by atoms with E-state index in [0.29, 0.717) is 18.0 Å². The first-order chi connectivity index (χ1) is 15.7. The number of methoxy groups -OCH3 is 1. The SMILES string of the molecule is CCCCNC(=O)[C@@H](C)N(Cc1ccccc1)C(=O)CN(c1ccc(OC)cc1)S(C)(=O)=O. The molecule has 2 aromatic rings. The zero-order chi connectivity index (χ0) is 24.4. The van der Waals surface area contributed by atoms with Crippen LogP contribution in [0.3, 0.4) is 0 Å². The quantitative estimate of drug-likeness (QED) is 0.476. The van der Waals surface area contributed by atoms with E-state index in [2.05, 4.69) is 5.32 Å². The summed E-state index contributed by atoms with van der Waals surface area (Å²) in [5.41, 5.74) is 1.18. The van der Waals surface area contributed by atoms with Gasteiger partial charge in [-0.15, -0.1) is 0 Å². The molecular weight excluding hydrogens is 442 g/mol. The lowest BCUT2D eigenvalue weighted by Gasteiger charge is -2.31. The number of unbranched alkanes of at least 4 members (excludes halogenated alkanes) is 1. The van der Waals surface area contributed by atoms with Crippen molar-refractivity contribution in [2.45, 2.75) is 39.3 Å². The van der Waals surface area contributed by atoms with Crippen LogP contribution in [-0.2, 0) is 26.2 Å². The minimum Gasteiger partial charge on any atom is -0.497 e. The fourth-order valence-corrected chi connectivity index (χ4v) is 4.11. The molecule has 0 saturated heterocycles. The lowest BCUT2D eigenvalue weighted by molar-refractivity contribution is -0.139. The van der Waals surface area contributed by atoms with Crippen LogP contribution in [0.5, 0.6) is 5.75 Å². The zero-order valence-corrected chi connectivity index (χ0v) is 20.5. The average molecular weight is 476 g/mol. The van der Waals surface area contributed by atoms with Crippen LogP contribution in [0.25, 0.3) is 0 Å². The van der Waals surface area contributed by atoms with Crippen molar-refractivity contribution in [3.05, 3.63) is 60.2 Å². The number of sulfonamides is 1. The molecular formula is C24H33N3O5S. The number of carbonyl (C=O) groups is 2. The maximum absolute atomic E-state index is 13.4. The second kappa shape index (κ2) is 12.2. The predicted octanol–water partition coefficient (Wildman–Crippen LogP) is 2.79. The fourth-order valence-electron chi connectivity index (χ4n) is 3.26. The van der Waals surface area contributed by atoms with E-state index in [-0.39, 0.29) is 12.5 Å². The summed E-state index contributed by atoms with van der Waals surface area (Å²) in [6.45, 7) is 3.96. The molecule has 0 aliphatic heterocycles. The molecule has 0 fully saturated rings. The number of carbonyl (C=O) groups excluding carboxylic acids is 2. The highest BCUT2D eigenvalue weighted by atomic mass is 32.2. The molecule has 1 atom stereocenters. The molecule has 0 radical (unpaired) electrons. The monoisotopic (exact) mass is 475 g/mol. The molecule has 0 aliphatic rings. The lowest BCUT2D eigenvalue weighted by Crippen LogP contribution is -2.51. The summed E-state index contributed by atoms with van der Waals surface area (Å²) in [7, 11) is -2.24. The van der Waals surface area contributed by atoms with Gasteiger partial charge in [0.05, 0.1) is 19.1 Å². The van der Waals surface area contributed by atoms with Gasteiger partial charge >= 0.3 is 0 Å². The molecule has 0 aliphatic carbocycles. The van der Waals surface area contributed by atoms with Crippen molar-refractivity contribution < 1.29 is 22.7 Å². The Morgan fingerprint density at radius 1 is 1.06 bits per heavy atom. The van der Waals surface area contributed by atoms with Gasteiger partial charge in [0.25, 0.3) is 0 Å². The summed E-state index contributed by atoms with van der Waals surface area (Å²) < 4.78 is 31.2. The molecule has 0 heterocycles. The van der Waals surface area contributed by atoms with Crippen LogP contribution in [0.15, 0.2) is 54.6 Å². The van der Waals surface area contributed by atoms with Crippen molar-refractivity contribution in [3.8, 4) is 5.75 Å². The summed E-state index contributed by atoms with van der Waals surface area (Å²) in [5.74, 6) is -0.178. The van der Waals surface area contributed by atoms with Crippen LogP contribution in [-0.4, -0.2) is 57.6 Å². The number of nitrogens with zero attached hydrogens (tertiary/aromatic N) is 2. The number of hydrogen-bond acceptors (Lipinski definition) is 5. The lowest BCUT2D eigenvalue weighted by atomic mass is 10.1. The molecule has 1 N–H and O–H groups in total. The first kappa shape index (κ1) is 26.2. The van der Waals surface area contributed by atoms with E-state index in [0.717, 1.165) is 29.0 Å². The summed E-state index contributed by atoms with van der Waals surface area (Å²) >= 11 is 0. The maximum atomic E-state index is 13.4. The zero-order valence-electron chi connectivity index (χ0n) is 19.7. The van der Waals surface area contributed by atoms with Crippen molar-refractivity contribution in [2.75, 3.05) is 30.8 Å². The van der Waals surface area contributed by atoms with Crippen molar-refractivity contribution >= 4 is 27.5 Å². The number of rotatable bonds is 12. The molecule has 9 heteroatoms. The molecule has 180 valence electrons. The number of amides is 2. The molecule has 2 amide bonds. The molecule has 2 aromatic carbocycles. The summed E-state index contributed by atoms with van der Waals surface area (Å²) in [6.07, 6.45) is 2.82. The Morgan fingerprint density at radius 2 is 1.70 bits per heavy atom. The van der Waals surface area contributed by atoms with E-state index < -0.39 is 28.5 Å². The van der Waals surface area contributed by atoms with Crippen LogP contribution in [0.2, 0.25) is 0 Å². The molecule has 33 heavy (non-hydrogen) atoms. The molecule has 0 saturated carbocycles. The third kappa shape index (κ3) is 7.78. The third-order valence-electron chi connectivity index (χ3n) is 5.23. The molecule has 0 spiro atoms. The van der Waals surface area contributed by atoms with E-state index >= 15 is 0 Å². The summed E-state index contributed by atoms with van der Waals surface area (Å²) in [4.78, 5) is 27.5. The van der Waals surface area contributed by atoms with Gasteiger partial charge in [0, 0.05) is 13.1 Å². The Hall–Kier alpha value is -3.07. The Balaban J connectivity index is 2.30. The van der Waals surface area contributed by atoms with E-state index in [4.69, 9.17) is 4.74 Å². The Labute approximate surface area is 196 Å². The molecule has 0 bridgehead atoms. The summed E-state index contributed by atoms with van der Waals surface area (Å²) in [5, 5.41) is 2.85. The maximum Gasteiger partial charge on any atom is 0.244 e. The van der Waals surface area contributed by atoms with Crippen LogP contribution >= 0.6 is 0 Å². The Morgan fingerprint density at radius 3 is 2.24 bits per heavy atom. The van der Waals surface area contributed by atoms with Gasteiger partial charge in [0.2, 0.25) is 21.8 Å². The van der Waals surface area contributed by atoms with Crippen LogP contribution < -0.4 is 14.4 Å². The van der Waals surface area contributed by atoms with Gasteiger partial charge in [-0.25, -0.2) is 8.42 Å². The molecule has 0 unspecified atom stereocenters. The van der Waals surface area contributed by atoms with Crippen LogP contribution in [0.1, 0.15) is 32.3 Å². The summed E-state index contributed by atoms with van der Waals surface area (Å²) in [6, 6.07) is 14.9. The minimum absolute atomic E-state index is 0.183. The Bertz CT molecular complexity index is 1010. The minimum atomic E-state index is -3.76. The topological polar surface area (TPSA) is 96.0 Å². The first-order valence-corrected chi connectivity index (χ1v) is 12.7. The molecule has 8 nitrogen and oxygen atoms in total. The standard InChI is InChI=1S/C24H33N3O5S/c1-5-6-16-25-24(29)19(2)26(17-20-10-8-7-9-11-20)23(28)18-27(33(4,30)31)21-12-14-22(32-3)15-13-21/h7-15,19H,5-6,16-18H2,1-4H3,(H,25,29)/t19-/m1/s1. The van der Waals surface area contributed by atoms with Gasteiger partial charge < -0.3 is 15.0 Å². The van der Waals surface area contributed by atoms with Gasteiger partial charge in [-0.2, -0.15) is 0 Å². The number of nitrogens with one attached hydrogen (secondary N) is 1. The highest BCUT2D eigenvalue weighted by Crippen LogP contribution is 2.22. The van der Waals surface area contributed by atoms with E-state index in [1.807, 2.05) is 37.3 Å². The van der Waals surface area contributed by atoms with Gasteiger partial charge in [0.15, 0.2) is 0 Å². The van der Waals surface area contributed by atoms with Gasteiger partial charge in [-0.05, 0) is 43.2 Å². The first-order valence-electron chi connectivity index (χ1n) is 10.9. The van der Waals surface area contributed by atoms with Crippen molar-refractivity contribution in [1.29, 1.82) is 0 Å². The predicted molar refractivity (Wildman–Crippen MR) is 130 cm³/mol. The van der Waals surface area contributed by atoms with Crippen molar-refractivity contribution in [2.24, 2.45) is 0 Å². The van der Waals surface area contributed by atoms with Gasteiger partial charge in [-0.1, -0.05) is 43.7 Å². The van der Waals surface area contributed by atoms with Crippen molar-refractivity contribution in [3.63, 3.8) is 0 Å². The van der Waals surface area contributed by atoms with Crippen LogP contribution in [0, 0.1) is 0 Å². The smallest absolute Gasteiger partial charge is 0.244 e. The second-order valence-electron chi connectivity index (χ2n) is 7.80. The number of anilines is 1. The van der Waals surface area contributed by atoms with Gasteiger partial charge in [0.1, 0.15) is 18.3 Å². The normalized spacial score (nSPS) is 12.0. The highest BCUT2D eigenvalue weighted by Gasteiger charge is 2.29. The fraction of sp³-hybridized carbons (Fsp3) is 0.417. The third-order valence-corrected chi connectivity index (χ3v) is 6.37.